The normalized spacial score (nSPS) is 26.5. The van der Waals surface area contributed by atoms with Gasteiger partial charge in [0.25, 0.3) is 0 Å². The molecule has 0 spiro atoms. The van der Waals surface area contributed by atoms with Crippen LogP contribution in [-0.2, 0) is 38.3 Å². The Balaban J connectivity index is 1.62. The molecule has 16 heteroatoms. The van der Waals surface area contributed by atoms with Crippen molar-refractivity contribution in [2.45, 2.75) is 141 Å². The molecule has 1 aliphatic heterocycles. The summed E-state index contributed by atoms with van der Waals surface area (Å²) in [5.41, 5.74) is 11.1. The molecule has 2 bridgehead atoms. The molecule has 3 saturated carbocycles. The summed E-state index contributed by atoms with van der Waals surface area (Å²) in [7, 11) is -0.606. The fourth-order valence-corrected chi connectivity index (χ4v) is 10.4. The third-order valence-electron chi connectivity index (χ3n) is 12.4. The largest absolute Gasteiger partial charge is 0.461 e. The monoisotopic (exact) mass is 783 g/mol. The molecule has 4 rings (SSSR count). The first kappa shape index (κ1) is 46.4. The fourth-order valence-electron chi connectivity index (χ4n) is 8.62. The summed E-state index contributed by atoms with van der Waals surface area (Å²) < 4.78 is 38.7. The lowest BCUT2D eigenvalue weighted by atomic mass is 9.43. The van der Waals surface area contributed by atoms with E-state index in [2.05, 4.69) is 31.4 Å². The van der Waals surface area contributed by atoms with Crippen molar-refractivity contribution in [3.8, 4) is 0 Å². The van der Waals surface area contributed by atoms with E-state index in [1.807, 2.05) is 6.92 Å². The van der Waals surface area contributed by atoms with Gasteiger partial charge >= 0.3 is 7.12 Å². The van der Waals surface area contributed by atoms with Crippen LogP contribution in [0.1, 0.15) is 106 Å². The average Bonchev–Trinajstić information content (AvgIpc) is 3.46. The zero-order chi connectivity index (χ0) is 40.6. The first-order valence-corrected chi connectivity index (χ1v) is 21.9. The Kier molecular flexibility index (Phi) is 17.2. The van der Waals surface area contributed by atoms with Gasteiger partial charge in [0, 0.05) is 25.3 Å². The zero-order valence-electron chi connectivity index (χ0n) is 34.1. The fraction of sp³-hybridized carbons (Fsp3) is 0.895. The molecular weight excluding hydrogens is 713 g/mol. The molecule has 10 atom stereocenters. The van der Waals surface area contributed by atoms with Crippen LogP contribution < -0.4 is 22.1 Å². The molecule has 4 aliphatic rings. The van der Waals surface area contributed by atoms with Crippen molar-refractivity contribution >= 4 is 40.3 Å². The number of hydrogen-bond donors (Lipinski definition) is 5. The molecule has 0 aromatic heterocycles. The molecule has 0 radical (unpaired) electrons. The number of amides is 2. The number of nitrogens with zero attached hydrogens (tertiary/aromatic N) is 1. The lowest BCUT2D eigenvalue weighted by Gasteiger charge is -2.64. The highest BCUT2D eigenvalue weighted by Gasteiger charge is 2.68. The second kappa shape index (κ2) is 20.0. The van der Waals surface area contributed by atoms with Gasteiger partial charge in [-0.15, -0.1) is 0 Å². The Hall–Kier alpha value is -1.95. The van der Waals surface area contributed by atoms with Crippen molar-refractivity contribution in [2.24, 2.45) is 40.6 Å². The highest BCUT2D eigenvalue weighted by atomic mass is 32.2. The molecule has 14 nitrogen and oxygen atoms in total. The van der Waals surface area contributed by atoms with Gasteiger partial charge in [-0.25, -0.2) is 8.42 Å². The van der Waals surface area contributed by atoms with Gasteiger partial charge in [0.1, 0.15) is 6.04 Å². The number of ketones is 2. The van der Waals surface area contributed by atoms with Crippen LogP contribution in [0.3, 0.4) is 0 Å². The summed E-state index contributed by atoms with van der Waals surface area (Å²) in [6.07, 6.45) is 3.64. The first-order valence-electron chi connectivity index (χ1n) is 20.1. The van der Waals surface area contributed by atoms with E-state index >= 15 is 0 Å². The zero-order valence-corrected chi connectivity index (χ0v) is 34.9. The topological polar surface area (TPSA) is 220 Å². The minimum atomic E-state index is -3.60. The minimum absolute atomic E-state index is 0.00585. The Labute approximate surface area is 324 Å². The standard InChI is InChI=1S/C38H70BN5O9S/c1-24(19-31(47)34(26(3)45)43-36(49)27(13-9-11-15-40)23-54(50,51)18-17-44(7)8)35(48)42-29(14-10-12-16-41)30(46)20-25(2)39-52-33-22-28-21-32(37(28,4)5)38(33,6)53-39/h24-29,32-34,45H,9-23,40-41H2,1-8H3,(H,42,48)(H,43,49)/t24-,25-,26-,27-,28+,29+,32+,33-,34+,38+/m1/s1. The van der Waals surface area contributed by atoms with Gasteiger partial charge in [0.05, 0.1) is 41.3 Å². The molecule has 310 valence electrons. The van der Waals surface area contributed by atoms with Crippen molar-refractivity contribution in [2.75, 3.05) is 45.2 Å². The van der Waals surface area contributed by atoms with Crippen LogP contribution >= 0.6 is 0 Å². The third-order valence-corrected chi connectivity index (χ3v) is 14.1. The number of nitrogens with one attached hydrogen (secondary N) is 2. The first-order chi connectivity index (χ1) is 25.2. The van der Waals surface area contributed by atoms with Crippen LogP contribution in [0.25, 0.3) is 0 Å². The predicted molar refractivity (Wildman–Crippen MR) is 210 cm³/mol. The number of hydrogen-bond acceptors (Lipinski definition) is 12. The Morgan fingerprint density at radius 3 is 2.11 bits per heavy atom. The lowest BCUT2D eigenvalue weighted by Crippen LogP contribution is -2.65. The summed E-state index contributed by atoms with van der Waals surface area (Å²) in [6.45, 7) is 12.7. The van der Waals surface area contributed by atoms with E-state index in [4.69, 9.17) is 20.8 Å². The van der Waals surface area contributed by atoms with E-state index in [1.165, 1.54) is 6.92 Å². The predicted octanol–water partition coefficient (Wildman–Crippen LogP) is 1.86. The molecular formula is C38H70BN5O9S. The smallest absolute Gasteiger partial charge is 0.405 e. The Morgan fingerprint density at radius 2 is 1.54 bits per heavy atom. The van der Waals surface area contributed by atoms with E-state index < -0.39 is 75.9 Å². The number of unbranched alkanes of at least 4 members (excludes halogenated alkanes) is 2. The molecule has 0 aromatic carbocycles. The number of rotatable bonds is 25. The molecule has 54 heavy (non-hydrogen) atoms. The molecule has 3 aliphatic carbocycles. The number of nitrogens with two attached hydrogens (primary N) is 2. The number of aliphatic hydroxyl groups is 1. The summed E-state index contributed by atoms with van der Waals surface area (Å²) in [5, 5.41) is 16.0. The molecule has 4 fully saturated rings. The van der Waals surface area contributed by atoms with E-state index in [0.29, 0.717) is 63.6 Å². The summed E-state index contributed by atoms with van der Waals surface area (Å²) >= 11 is 0. The van der Waals surface area contributed by atoms with Gasteiger partial charge in [-0.2, -0.15) is 0 Å². The van der Waals surface area contributed by atoms with Crippen LogP contribution in [0.5, 0.6) is 0 Å². The van der Waals surface area contributed by atoms with Crippen LogP contribution in [0.2, 0.25) is 5.82 Å². The van der Waals surface area contributed by atoms with Crippen molar-refractivity contribution < 1.29 is 42.0 Å². The molecule has 1 saturated heterocycles. The molecule has 1 heterocycles. The molecule has 7 N–H and O–H groups in total. The SMILES string of the molecule is C[C@H](CC(=O)[C@H](CCCCN)NC(=O)[C@H](C)CC(=O)[C@@H](NC(=O)[C@H](CCCCN)CS(=O)(=O)CCN(C)C)[C@@H](C)O)B1O[C@@H]2C[C@@H]3C[C@@H](C3(C)C)[C@]2(C)O1. The second-order valence-corrected chi connectivity index (χ2v) is 19.8. The van der Waals surface area contributed by atoms with Crippen molar-refractivity contribution in [1.82, 2.24) is 15.5 Å². The Bertz CT molecular complexity index is 1400. The van der Waals surface area contributed by atoms with Crippen molar-refractivity contribution in [3.05, 3.63) is 0 Å². The van der Waals surface area contributed by atoms with Gasteiger partial charge in [0.15, 0.2) is 21.4 Å². The molecule has 0 unspecified atom stereocenters. The van der Waals surface area contributed by atoms with E-state index in [9.17, 15) is 32.7 Å². The van der Waals surface area contributed by atoms with Crippen molar-refractivity contribution in [3.63, 3.8) is 0 Å². The highest BCUT2D eigenvalue weighted by Crippen LogP contribution is 2.66. The summed E-state index contributed by atoms with van der Waals surface area (Å²) in [5.74, 6) is -3.47. The number of carbonyl (C=O) groups is 4. The maximum absolute atomic E-state index is 13.7. The van der Waals surface area contributed by atoms with Gasteiger partial charge in [-0.3, -0.25) is 19.2 Å². The second-order valence-electron chi connectivity index (χ2n) is 17.5. The van der Waals surface area contributed by atoms with Crippen LogP contribution in [0.15, 0.2) is 0 Å². The summed E-state index contributed by atoms with van der Waals surface area (Å²) in [6, 6.07) is -2.16. The number of carbonyl (C=O) groups excluding carboxylic acids is 4. The highest BCUT2D eigenvalue weighted by molar-refractivity contribution is 7.91. The van der Waals surface area contributed by atoms with Gasteiger partial charge in [-0.05, 0) is 109 Å². The molecule has 0 aromatic rings. The van der Waals surface area contributed by atoms with E-state index in [1.54, 1.807) is 25.9 Å². The van der Waals surface area contributed by atoms with Crippen LogP contribution in [0, 0.1) is 29.1 Å². The van der Waals surface area contributed by atoms with Crippen LogP contribution in [0.4, 0.5) is 0 Å². The molecule has 2 amide bonds. The maximum Gasteiger partial charge on any atom is 0.461 e. The van der Waals surface area contributed by atoms with Crippen LogP contribution in [-0.4, -0.2) is 124 Å². The minimum Gasteiger partial charge on any atom is -0.405 e. The number of Topliss-reactive ketones (excluding diaryl/α,β-unsaturated/α-hetero) is 2. The van der Waals surface area contributed by atoms with E-state index in [-0.39, 0.29) is 48.1 Å². The van der Waals surface area contributed by atoms with Gasteiger partial charge in [-0.1, -0.05) is 34.1 Å². The third kappa shape index (κ3) is 12.0. The van der Waals surface area contributed by atoms with E-state index in [0.717, 1.165) is 12.8 Å². The number of sulfone groups is 1. The Morgan fingerprint density at radius 1 is 0.907 bits per heavy atom. The number of aliphatic hydroxyl groups excluding tert-OH is 1. The van der Waals surface area contributed by atoms with Gasteiger partial charge in [0.2, 0.25) is 11.8 Å². The maximum atomic E-state index is 13.7. The lowest BCUT2D eigenvalue weighted by molar-refractivity contribution is -0.199. The quantitative estimate of drug-likeness (QED) is 0.0662. The summed E-state index contributed by atoms with van der Waals surface area (Å²) in [4.78, 5) is 55.9. The average molecular weight is 784 g/mol. The van der Waals surface area contributed by atoms with Crippen molar-refractivity contribution in [1.29, 1.82) is 0 Å². The van der Waals surface area contributed by atoms with Gasteiger partial charge < -0.3 is 41.4 Å².